The van der Waals surface area contributed by atoms with Gasteiger partial charge in [-0.1, -0.05) is 42.5 Å². The number of hydrogen-bond acceptors (Lipinski definition) is 2. The number of pyridine rings is 1. The summed E-state index contributed by atoms with van der Waals surface area (Å²) in [6.45, 7) is 7.11. The third-order valence-corrected chi connectivity index (χ3v) is 4.06. The zero-order chi connectivity index (χ0) is 19.6. The summed E-state index contributed by atoms with van der Waals surface area (Å²) in [4.78, 5) is 15.6. The topological polar surface area (TPSA) is 52.4 Å². The van der Waals surface area contributed by atoms with Crippen molar-refractivity contribution in [1.82, 2.24) is 4.57 Å². The summed E-state index contributed by atoms with van der Waals surface area (Å²) in [5.41, 5.74) is 4.08. The monoisotopic (exact) mass is 369 g/mol. The van der Waals surface area contributed by atoms with Crippen molar-refractivity contribution in [3.63, 3.8) is 0 Å². The Morgan fingerprint density at radius 1 is 1.04 bits per heavy atom. The highest BCUT2D eigenvalue weighted by Crippen LogP contribution is 2.37. The van der Waals surface area contributed by atoms with Crippen molar-refractivity contribution in [1.29, 1.82) is 0 Å². The summed E-state index contributed by atoms with van der Waals surface area (Å²) < 4.78 is 41.5. The predicted octanol–water partition coefficient (Wildman–Crippen LogP) is 4.72. The maximum Gasteiger partial charge on any atom is 0.407 e. The largest absolute Gasteiger partial charge is 0.407 e. The molecular weight excluding hydrogens is 355 g/mol. The molecule has 136 valence electrons. The van der Waals surface area contributed by atoms with Crippen molar-refractivity contribution in [2.75, 3.05) is 5.73 Å². The highest BCUT2D eigenvalue weighted by molar-refractivity contribution is 5.68. The molecule has 7 heteroatoms. The molecule has 3 rings (SSSR count). The molecule has 0 amide bonds. The fraction of sp³-hybridized carbons (Fsp3) is 0.100. The summed E-state index contributed by atoms with van der Waals surface area (Å²) >= 11 is 0. The van der Waals surface area contributed by atoms with E-state index in [0.717, 1.165) is 11.6 Å². The van der Waals surface area contributed by atoms with Crippen LogP contribution in [0.25, 0.3) is 16.1 Å². The van der Waals surface area contributed by atoms with Crippen LogP contribution in [0.3, 0.4) is 0 Å². The number of anilines is 1. The highest BCUT2D eigenvalue weighted by atomic mass is 19.4. The van der Waals surface area contributed by atoms with E-state index >= 15 is 0 Å². The van der Waals surface area contributed by atoms with Crippen molar-refractivity contribution >= 4 is 11.4 Å². The number of alkyl halides is 3. The van der Waals surface area contributed by atoms with Crippen LogP contribution >= 0.6 is 0 Å². The van der Waals surface area contributed by atoms with Crippen LogP contribution in [-0.4, -0.2) is 4.57 Å². The van der Waals surface area contributed by atoms with Crippen LogP contribution in [-0.2, 0) is 12.7 Å². The Balaban J connectivity index is 2.33. The molecule has 0 aliphatic heterocycles. The van der Waals surface area contributed by atoms with Gasteiger partial charge in [0.05, 0.1) is 12.1 Å². The number of nitrogens with zero attached hydrogens (tertiary/aromatic N) is 2. The first-order chi connectivity index (χ1) is 12.8. The van der Waals surface area contributed by atoms with Crippen LogP contribution in [0.15, 0.2) is 65.5 Å². The van der Waals surface area contributed by atoms with Gasteiger partial charge in [-0.2, -0.15) is 13.2 Å². The summed E-state index contributed by atoms with van der Waals surface area (Å²) in [7, 11) is 0. The number of hydrogen-bond donors (Lipinski definition) is 1. The van der Waals surface area contributed by atoms with Crippen LogP contribution in [0.4, 0.5) is 24.5 Å². The molecule has 2 N–H and O–H groups in total. The Morgan fingerprint density at radius 3 is 2.33 bits per heavy atom. The summed E-state index contributed by atoms with van der Waals surface area (Å²) in [6.07, 6.45) is -4.82. The number of benzene rings is 2. The Bertz CT molecular complexity index is 1080. The van der Waals surface area contributed by atoms with Gasteiger partial charge in [0.2, 0.25) is 0 Å². The van der Waals surface area contributed by atoms with E-state index in [1.165, 1.54) is 10.6 Å². The van der Waals surface area contributed by atoms with E-state index in [9.17, 15) is 18.0 Å². The third-order valence-electron chi connectivity index (χ3n) is 4.06. The summed E-state index contributed by atoms with van der Waals surface area (Å²) in [6, 6.07) is 15.9. The molecule has 0 aliphatic rings. The van der Waals surface area contributed by atoms with Gasteiger partial charge in [0.25, 0.3) is 11.2 Å². The van der Waals surface area contributed by atoms with E-state index in [2.05, 4.69) is 4.85 Å². The van der Waals surface area contributed by atoms with Gasteiger partial charge in [0.1, 0.15) is 0 Å². The number of rotatable bonds is 3. The second-order valence-electron chi connectivity index (χ2n) is 5.90. The van der Waals surface area contributed by atoms with E-state index in [-0.39, 0.29) is 12.2 Å². The Labute approximate surface area is 153 Å². The average molecular weight is 369 g/mol. The molecule has 3 aromatic rings. The second kappa shape index (κ2) is 7.00. The Kier molecular flexibility index (Phi) is 4.74. The lowest BCUT2D eigenvalue weighted by atomic mass is 10.1. The molecule has 0 bridgehead atoms. The van der Waals surface area contributed by atoms with E-state index < -0.39 is 23.0 Å². The number of aromatic nitrogens is 1. The molecule has 0 aliphatic carbocycles. The van der Waals surface area contributed by atoms with Gasteiger partial charge in [-0.3, -0.25) is 4.79 Å². The van der Waals surface area contributed by atoms with Gasteiger partial charge in [0.15, 0.2) is 0 Å². The Hall–Kier alpha value is -3.53. The molecule has 0 radical (unpaired) electrons. The lowest BCUT2D eigenvalue weighted by Gasteiger charge is -2.18. The van der Waals surface area contributed by atoms with Crippen LogP contribution in [0.2, 0.25) is 0 Å². The predicted molar refractivity (Wildman–Crippen MR) is 97.4 cm³/mol. The normalized spacial score (nSPS) is 11.2. The molecule has 0 saturated carbocycles. The molecule has 27 heavy (non-hydrogen) atoms. The SMILES string of the molecule is [C-]#[N+]c1c(C(F)(F)F)cc(-c2cccc(N)c2)n(Cc2ccccc2)c1=O. The van der Waals surface area contributed by atoms with E-state index in [4.69, 9.17) is 12.3 Å². The number of nitrogen functional groups attached to an aromatic ring is 1. The van der Waals surface area contributed by atoms with Crippen molar-refractivity contribution in [2.24, 2.45) is 0 Å². The molecule has 2 aromatic carbocycles. The first-order valence-electron chi connectivity index (χ1n) is 7.93. The van der Waals surface area contributed by atoms with Gasteiger partial charge in [-0.25, -0.2) is 4.85 Å². The molecule has 1 aromatic heterocycles. The van der Waals surface area contributed by atoms with Crippen molar-refractivity contribution in [2.45, 2.75) is 12.7 Å². The second-order valence-corrected chi connectivity index (χ2v) is 5.90. The summed E-state index contributed by atoms with van der Waals surface area (Å²) in [5, 5.41) is 0. The van der Waals surface area contributed by atoms with Gasteiger partial charge >= 0.3 is 6.18 Å². The van der Waals surface area contributed by atoms with Gasteiger partial charge in [-0.05, 0) is 23.8 Å². The standard InChI is InChI=1S/C20H14F3N3O/c1-25-18-16(20(21,22)23)11-17(14-8-5-9-15(24)10-14)26(19(18)27)12-13-6-3-2-4-7-13/h2-11H,12,24H2. The van der Waals surface area contributed by atoms with Crippen molar-refractivity contribution in [3.05, 3.63) is 93.6 Å². The van der Waals surface area contributed by atoms with E-state index in [1.54, 1.807) is 48.5 Å². The zero-order valence-electron chi connectivity index (χ0n) is 14.0. The van der Waals surface area contributed by atoms with Crippen molar-refractivity contribution < 1.29 is 13.2 Å². The third kappa shape index (κ3) is 3.70. The molecule has 0 saturated heterocycles. The van der Waals surface area contributed by atoms with E-state index in [1.807, 2.05) is 0 Å². The maximum absolute atomic E-state index is 13.4. The van der Waals surface area contributed by atoms with E-state index in [0.29, 0.717) is 11.3 Å². The van der Waals surface area contributed by atoms with Gasteiger partial charge in [0, 0.05) is 23.5 Å². The summed E-state index contributed by atoms with van der Waals surface area (Å²) in [5.74, 6) is 0. The molecule has 0 spiro atoms. The lowest BCUT2D eigenvalue weighted by molar-refractivity contribution is -0.136. The average Bonchev–Trinajstić information content (AvgIpc) is 2.63. The van der Waals surface area contributed by atoms with Gasteiger partial charge in [-0.15, -0.1) is 0 Å². The smallest absolute Gasteiger partial charge is 0.399 e. The molecule has 0 fully saturated rings. The minimum absolute atomic E-state index is 0.0322. The van der Waals surface area contributed by atoms with Crippen LogP contribution < -0.4 is 11.3 Å². The zero-order valence-corrected chi connectivity index (χ0v) is 14.0. The first kappa shape index (κ1) is 18.3. The fourth-order valence-electron chi connectivity index (χ4n) is 2.82. The maximum atomic E-state index is 13.4. The van der Waals surface area contributed by atoms with Crippen molar-refractivity contribution in [3.8, 4) is 11.3 Å². The number of halogens is 3. The van der Waals surface area contributed by atoms with Crippen LogP contribution in [0.1, 0.15) is 11.1 Å². The van der Waals surface area contributed by atoms with Gasteiger partial charge < -0.3 is 10.3 Å². The molecular formula is C20H14F3N3O. The van der Waals surface area contributed by atoms with Crippen LogP contribution in [0.5, 0.6) is 0 Å². The Morgan fingerprint density at radius 2 is 1.74 bits per heavy atom. The van der Waals surface area contributed by atoms with Crippen LogP contribution in [0, 0.1) is 6.57 Å². The number of nitrogens with two attached hydrogens (primary N) is 1. The highest BCUT2D eigenvalue weighted by Gasteiger charge is 2.36. The minimum Gasteiger partial charge on any atom is -0.399 e. The molecule has 1 heterocycles. The minimum atomic E-state index is -4.82. The molecule has 0 atom stereocenters. The quantitative estimate of drug-likeness (QED) is 0.537. The molecule has 4 nitrogen and oxygen atoms in total. The first-order valence-corrected chi connectivity index (χ1v) is 7.93. The lowest BCUT2D eigenvalue weighted by Crippen LogP contribution is -2.25. The molecule has 0 unspecified atom stereocenters. The fourth-order valence-corrected chi connectivity index (χ4v) is 2.82.